The van der Waals surface area contributed by atoms with Crippen LogP contribution < -0.4 is 5.32 Å². The van der Waals surface area contributed by atoms with Gasteiger partial charge in [-0.05, 0) is 24.1 Å². The molecule has 1 atom stereocenters. The summed E-state index contributed by atoms with van der Waals surface area (Å²) in [7, 11) is 0. The number of carboxylic acids is 1. The lowest BCUT2D eigenvalue weighted by Crippen LogP contribution is -2.27. The summed E-state index contributed by atoms with van der Waals surface area (Å²) in [5, 5.41) is 20.6. The van der Waals surface area contributed by atoms with Crippen molar-refractivity contribution in [2.24, 2.45) is 11.8 Å². The zero-order chi connectivity index (χ0) is 16.2. The van der Waals surface area contributed by atoms with Gasteiger partial charge in [0, 0.05) is 12.2 Å². The van der Waals surface area contributed by atoms with E-state index in [1.54, 1.807) is 13.8 Å². The predicted octanol–water partition coefficient (Wildman–Crippen LogP) is 3.35. The lowest BCUT2D eigenvalue weighted by Gasteiger charge is -2.18. The molecule has 0 aliphatic carbocycles. The molecular formula is C14H15F3N2O2. The van der Waals surface area contributed by atoms with E-state index in [9.17, 15) is 18.0 Å². The molecule has 0 aromatic heterocycles. The van der Waals surface area contributed by atoms with Crippen LogP contribution in [0.1, 0.15) is 25.0 Å². The molecule has 2 N–H and O–H groups in total. The lowest BCUT2D eigenvalue weighted by molar-refractivity contribution is -0.142. The van der Waals surface area contributed by atoms with Crippen molar-refractivity contribution in [1.29, 1.82) is 5.26 Å². The zero-order valence-corrected chi connectivity index (χ0v) is 11.5. The maximum absolute atomic E-state index is 12.6. The molecule has 0 aliphatic heterocycles. The Labute approximate surface area is 120 Å². The van der Waals surface area contributed by atoms with Gasteiger partial charge in [-0.15, -0.1) is 0 Å². The highest BCUT2D eigenvalue weighted by molar-refractivity contribution is 5.71. The van der Waals surface area contributed by atoms with Crippen molar-refractivity contribution in [1.82, 2.24) is 0 Å². The molecule has 0 bridgehead atoms. The first-order valence-electron chi connectivity index (χ1n) is 6.24. The number of hydrogen-bond acceptors (Lipinski definition) is 3. The maximum Gasteiger partial charge on any atom is 0.417 e. The first-order chi connectivity index (χ1) is 9.66. The third-order valence-corrected chi connectivity index (χ3v) is 3.09. The Morgan fingerprint density at radius 3 is 2.48 bits per heavy atom. The summed E-state index contributed by atoms with van der Waals surface area (Å²) in [6, 6.07) is 4.57. The number of carbonyl (C=O) groups is 1. The molecule has 1 aromatic rings. The van der Waals surface area contributed by atoms with Crippen LogP contribution in [0.3, 0.4) is 0 Å². The molecule has 0 amide bonds. The van der Waals surface area contributed by atoms with Gasteiger partial charge >= 0.3 is 12.1 Å². The standard InChI is InChI=1S/C14H15F3N2O2/c1-8(2)11(13(20)21)7-19-10-3-4-12(14(15,16)17)9(5-10)6-18/h3-5,8,11,19H,7H2,1-2H3,(H,20,21). The fraction of sp³-hybridized carbons (Fsp3) is 0.429. The zero-order valence-electron chi connectivity index (χ0n) is 11.5. The van der Waals surface area contributed by atoms with Crippen LogP contribution in [0.5, 0.6) is 0 Å². The first-order valence-corrected chi connectivity index (χ1v) is 6.24. The number of rotatable bonds is 5. The molecule has 1 rings (SSSR count). The van der Waals surface area contributed by atoms with Crippen molar-refractivity contribution in [3.05, 3.63) is 29.3 Å². The molecule has 7 heteroatoms. The predicted molar refractivity (Wildman–Crippen MR) is 70.6 cm³/mol. The second-order valence-electron chi connectivity index (χ2n) is 4.94. The Balaban J connectivity index is 2.92. The fourth-order valence-electron chi connectivity index (χ4n) is 1.83. The van der Waals surface area contributed by atoms with Crippen molar-refractivity contribution in [3.8, 4) is 6.07 Å². The van der Waals surface area contributed by atoms with E-state index in [0.29, 0.717) is 0 Å². The van der Waals surface area contributed by atoms with Crippen molar-refractivity contribution in [2.45, 2.75) is 20.0 Å². The molecule has 0 heterocycles. The quantitative estimate of drug-likeness (QED) is 0.874. The van der Waals surface area contributed by atoms with Gasteiger partial charge in [-0.2, -0.15) is 18.4 Å². The van der Waals surface area contributed by atoms with Crippen molar-refractivity contribution >= 4 is 11.7 Å². The summed E-state index contributed by atoms with van der Waals surface area (Å²) >= 11 is 0. The minimum atomic E-state index is -4.59. The second-order valence-corrected chi connectivity index (χ2v) is 4.94. The molecular weight excluding hydrogens is 285 g/mol. The molecule has 1 unspecified atom stereocenters. The highest BCUT2D eigenvalue weighted by Gasteiger charge is 2.33. The van der Waals surface area contributed by atoms with E-state index in [0.717, 1.165) is 12.1 Å². The number of carboxylic acid groups (broad SMARTS) is 1. The Morgan fingerprint density at radius 2 is 2.05 bits per heavy atom. The van der Waals surface area contributed by atoms with Crippen LogP contribution in [0, 0.1) is 23.2 Å². The van der Waals surface area contributed by atoms with E-state index in [4.69, 9.17) is 10.4 Å². The van der Waals surface area contributed by atoms with Gasteiger partial charge in [0.25, 0.3) is 0 Å². The maximum atomic E-state index is 12.6. The van der Waals surface area contributed by atoms with Gasteiger partial charge in [-0.25, -0.2) is 0 Å². The third-order valence-electron chi connectivity index (χ3n) is 3.09. The Morgan fingerprint density at radius 1 is 1.43 bits per heavy atom. The monoisotopic (exact) mass is 300 g/mol. The molecule has 21 heavy (non-hydrogen) atoms. The highest BCUT2D eigenvalue weighted by Crippen LogP contribution is 2.33. The number of alkyl halides is 3. The molecule has 1 aromatic carbocycles. The van der Waals surface area contributed by atoms with E-state index in [-0.39, 0.29) is 18.2 Å². The van der Waals surface area contributed by atoms with Crippen LogP contribution in [0.25, 0.3) is 0 Å². The van der Waals surface area contributed by atoms with E-state index < -0.39 is 29.2 Å². The summed E-state index contributed by atoms with van der Waals surface area (Å²) < 4.78 is 37.9. The van der Waals surface area contributed by atoms with Gasteiger partial charge in [0.2, 0.25) is 0 Å². The number of nitriles is 1. The number of aliphatic carboxylic acids is 1. The number of nitrogens with zero attached hydrogens (tertiary/aromatic N) is 1. The molecule has 4 nitrogen and oxygen atoms in total. The minimum Gasteiger partial charge on any atom is -0.481 e. The van der Waals surface area contributed by atoms with E-state index in [1.165, 1.54) is 12.1 Å². The van der Waals surface area contributed by atoms with Gasteiger partial charge in [0.1, 0.15) is 0 Å². The summed E-state index contributed by atoms with van der Waals surface area (Å²) in [5.41, 5.74) is -1.22. The molecule has 0 fully saturated rings. The van der Waals surface area contributed by atoms with Gasteiger partial charge in [-0.1, -0.05) is 13.8 Å². The normalized spacial score (nSPS) is 12.8. The first kappa shape index (κ1) is 16.8. The van der Waals surface area contributed by atoms with Crippen LogP contribution in [0.15, 0.2) is 18.2 Å². The van der Waals surface area contributed by atoms with Crippen LogP contribution >= 0.6 is 0 Å². The van der Waals surface area contributed by atoms with E-state index >= 15 is 0 Å². The topological polar surface area (TPSA) is 73.1 Å². The molecule has 0 saturated carbocycles. The third kappa shape index (κ3) is 4.38. The summed E-state index contributed by atoms with van der Waals surface area (Å²) in [4.78, 5) is 11.0. The van der Waals surface area contributed by atoms with Crippen LogP contribution in [-0.2, 0) is 11.0 Å². The average molecular weight is 300 g/mol. The summed E-state index contributed by atoms with van der Waals surface area (Å²) in [6.45, 7) is 3.56. The largest absolute Gasteiger partial charge is 0.481 e. The van der Waals surface area contributed by atoms with Crippen molar-refractivity contribution in [2.75, 3.05) is 11.9 Å². The SMILES string of the molecule is CC(C)C(CNc1ccc(C(F)(F)F)c(C#N)c1)C(=O)O. The minimum absolute atomic E-state index is 0.0727. The second kappa shape index (κ2) is 6.48. The Bertz CT molecular complexity index is 562. The smallest absolute Gasteiger partial charge is 0.417 e. The lowest BCUT2D eigenvalue weighted by atomic mass is 9.96. The van der Waals surface area contributed by atoms with Gasteiger partial charge < -0.3 is 10.4 Å². The fourth-order valence-corrected chi connectivity index (χ4v) is 1.83. The molecule has 0 aliphatic rings. The number of anilines is 1. The Kier molecular flexibility index (Phi) is 5.19. The molecule has 0 spiro atoms. The van der Waals surface area contributed by atoms with E-state index in [1.807, 2.05) is 0 Å². The molecule has 0 radical (unpaired) electrons. The van der Waals surface area contributed by atoms with Gasteiger partial charge in [0.05, 0.1) is 23.1 Å². The van der Waals surface area contributed by atoms with Crippen LogP contribution in [0.4, 0.5) is 18.9 Å². The van der Waals surface area contributed by atoms with Crippen molar-refractivity contribution in [3.63, 3.8) is 0 Å². The highest BCUT2D eigenvalue weighted by atomic mass is 19.4. The van der Waals surface area contributed by atoms with E-state index in [2.05, 4.69) is 5.32 Å². The van der Waals surface area contributed by atoms with Gasteiger partial charge in [-0.3, -0.25) is 4.79 Å². The molecule has 0 saturated heterocycles. The number of halogens is 3. The average Bonchev–Trinajstić information content (AvgIpc) is 2.36. The number of nitrogens with one attached hydrogen (secondary N) is 1. The number of hydrogen-bond donors (Lipinski definition) is 2. The Hall–Kier alpha value is -2.23. The molecule has 114 valence electrons. The number of benzene rings is 1. The summed E-state index contributed by atoms with van der Waals surface area (Å²) in [5.74, 6) is -1.78. The van der Waals surface area contributed by atoms with Crippen LogP contribution in [-0.4, -0.2) is 17.6 Å². The van der Waals surface area contributed by atoms with Gasteiger partial charge in [0.15, 0.2) is 0 Å². The van der Waals surface area contributed by atoms with Crippen LogP contribution in [0.2, 0.25) is 0 Å². The summed E-state index contributed by atoms with van der Waals surface area (Å²) in [6.07, 6.45) is -4.59. The van der Waals surface area contributed by atoms with Crippen molar-refractivity contribution < 1.29 is 23.1 Å².